The number of aromatic nitrogens is 2. The van der Waals surface area contributed by atoms with Crippen LogP contribution in [0.3, 0.4) is 0 Å². The molecule has 0 saturated carbocycles. The molecule has 1 aromatic heterocycles. The fraction of sp³-hybridized carbons (Fsp3) is 0. The van der Waals surface area contributed by atoms with Crippen LogP contribution in [0.15, 0.2) is 30.6 Å². The molecule has 5 nitrogen and oxygen atoms in total. The highest BCUT2D eigenvalue weighted by molar-refractivity contribution is 6.42. The van der Waals surface area contributed by atoms with Crippen molar-refractivity contribution in [2.45, 2.75) is 0 Å². The summed E-state index contributed by atoms with van der Waals surface area (Å²) in [6.07, 6.45) is 2.86. The molecule has 1 heterocycles. The number of ketones is 1. The second-order valence-electron chi connectivity index (χ2n) is 2.93. The van der Waals surface area contributed by atoms with Gasteiger partial charge in [0.1, 0.15) is 0 Å². The monoisotopic (exact) mass is 202 g/mol. The minimum Gasteiger partial charge on any atom is -0.475 e. The number of Topliss-reactive ketones (excluding diaryl/α,β-unsaturated/α-hetero) is 1. The van der Waals surface area contributed by atoms with Crippen molar-refractivity contribution in [2.24, 2.45) is 0 Å². The van der Waals surface area contributed by atoms with Gasteiger partial charge in [0.15, 0.2) is 0 Å². The SMILES string of the molecule is O=C(O)C(=O)c1cccc2cnncc12. The Morgan fingerprint density at radius 2 is 1.87 bits per heavy atom. The summed E-state index contributed by atoms with van der Waals surface area (Å²) in [5, 5.41) is 17.1. The van der Waals surface area contributed by atoms with E-state index < -0.39 is 11.8 Å². The van der Waals surface area contributed by atoms with Gasteiger partial charge in [0.05, 0.1) is 12.4 Å². The first-order chi connectivity index (χ1) is 7.20. The summed E-state index contributed by atoms with van der Waals surface area (Å²) in [5.41, 5.74) is 0.134. The van der Waals surface area contributed by atoms with Gasteiger partial charge in [-0.15, -0.1) is 0 Å². The predicted molar refractivity (Wildman–Crippen MR) is 51.5 cm³/mol. The summed E-state index contributed by atoms with van der Waals surface area (Å²) in [6, 6.07) is 4.81. The number of rotatable bonds is 2. The Morgan fingerprint density at radius 1 is 1.13 bits per heavy atom. The predicted octanol–water partition coefficient (Wildman–Crippen LogP) is 0.897. The van der Waals surface area contributed by atoms with Crippen molar-refractivity contribution < 1.29 is 14.7 Å². The second-order valence-corrected chi connectivity index (χ2v) is 2.93. The van der Waals surface area contributed by atoms with E-state index in [-0.39, 0.29) is 5.56 Å². The molecular formula is C10H6N2O3. The van der Waals surface area contributed by atoms with Gasteiger partial charge in [0.25, 0.3) is 5.78 Å². The first-order valence-electron chi connectivity index (χ1n) is 4.17. The molecule has 5 heteroatoms. The summed E-state index contributed by atoms with van der Waals surface area (Å²) in [5.74, 6) is -2.41. The standard InChI is InChI=1S/C10H6N2O3/c13-9(10(14)15)7-3-1-2-6-4-11-12-5-8(6)7/h1-5H,(H,14,15). The van der Waals surface area contributed by atoms with Crippen molar-refractivity contribution >= 4 is 22.5 Å². The summed E-state index contributed by atoms with van der Waals surface area (Å²) in [7, 11) is 0. The third kappa shape index (κ3) is 1.54. The zero-order chi connectivity index (χ0) is 10.8. The van der Waals surface area contributed by atoms with Crippen LogP contribution in [0.25, 0.3) is 10.8 Å². The Kier molecular flexibility index (Phi) is 2.13. The molecule has 1 N–H and O–H groups in total. The van der Waals surface area contributed by atoms with E-state index in [9.17, 15) is 9.59 Å². The van der Waals surface area contributed by atoms with E-state index in [2.05, 4.69) is 10.2 Å². The van der Waals surface area contributed by atoms with Crippen LogP contribution in [-0.2, 0) is 4.79 Å². The van der Waals surface area contributed by atoms with Gasteiger partial charge in [0.2, 0.25) is 0 Å². The highest BCUT2D eigenvalue weighted by atomic mass is 16.4. The van der Waals surface area contributed by atoms with Gasteiger partial charge in [-0.2, -0.15) is 10.2 Å². The lowest BCUT2D eigenvalue weighted by molar-refractivity contribution is -0.131. The maximum absolute atomic E-state index is 11.3. The molecule has 0 amide bonds. The number of hydrogen-bond acceptors (Lipinski definition) is 4. The molecule has 74 valence electrons. The number of benzene rings is 1. The molecule has 0 aliphatic heterocycles. The minimum atomic E-state index is -1.47. The molecule has 1 aromatic carbocycles. The average Bonchev–Trinajstić information content (AvgIpc) is 2.27. The summed E-state index contributed by atoms with van der Waals surface area (Å²) >= 11 is 0. The highest BCUT2D eigenvalue weighted by Gasteiger charge is 2.16. The molecule has 0 aliphatic carbocycles. The van der Waals surface area contributed by atoms with E-state index in [1.54, 1.807) is 12.1 Å². The number of carboxylic acid groups (broad SMARTS) is 1. The molecule has 0 saturated heterocycles. The van der Waals surface area contributed by atoms with Crippen molar-refractivity contribution in [3.05, 3.63) is 36.2 Å². The zero-order valence-corrected chi connectivity index (χ0v) is 7.54. The topological polar surface area (TPSA) is 80.1 Å². The van der Waals surface area contributed by atoms with Crippen LogP contribution < -0.4 is 0 Å². The smallest absolute Gasteiger partial charge is 0.377 e. The van der Waals surface area contributed by atoms with E-state index >= 15 is 0 Å². The Bertz CT molecular complexity index is 546. The van der Waals surface area contributed by atoms with Crippen LogP contribution in [0, 0.1) is 0 Å². The number of aliphatic carboxylic acids is 1. The number of hydrogen-bond donors (Lipinski definition) is 1. The summed E-state index contributed by atoms with van der Waals surface area (Å²) in [6.45, 7) is 0. The van der Waals surface area contributed by atoms with Crippen molar-refractivity contribution in [2.75, 3.05) is 0 Å². The molecule has 0 unspecified atom stereocenters. The Labute approximate surface area is 84.4 Å². The molecule has 0 aliphatic rings. The molecule has 2 rings (SSSR count). The van der Waals surface area contributed by atoms with Gasteiger partial charge in [-0.05, 0) is 0 Å². The van der Waals surface area contributed by atoms with Crippen molar-refractivity contribution in [1.29, 1.82) is 0 Å². The normalized spacial score (nSPS) is 10.1. The number of fused-ring (bicyclic) bond motifs is 1. The van der Waals surface area contributed by atoms with Crippen molar-refractivity contribution in [3.63, 3.8) is 0 Å². The molecule has 0 spiro atoms. The number of carbonyl (C=O) groups excluding carboxylic acids is 1. The third-order valence-corrected chi connectivity index (χ3v) is 2.03. The van der Waals surface area contributed by atoms with Crippen LogP contribution in [0.2, 0.25) is 0 Å². The van der Waals surface area contributed by atoms with Crippen LogP contribution in [0.5, 0.6) is 0 Å². The van der Waals surface area contributed by atoms with E-state index in [4.69, 9.17) is 5.11 Å². The zero-order valence-electron chi connectivity index (χ0n) is 7.54. The number of carbonyl (C=O) groups is 2. The van der Waals surface area contributed by atoms with Gasteiger partial charge < -0.3 is 5.11 Å². The number of carboxylic acids is 1. The van der Waals surface area contributed by atoms with Crippen molar-refractivity contribution in [1.82, 2.24) is 10.2 Å². The fourth-order valence-electron chi connectivity index (χ4n) is 1.34. The van der Waals surface area contributed by atoms with Gasteiger partial charge in [-0.1, -0.05) is 18.2 Å². The van der Waals surface area contributed by atoms with Crippen LogP contribution in [0.1, 0.15) is 10.4 Å². The van der Waals surface area contributed by atoms with Gasteiger partial charge in [-0.3, -0.25) is 4.79 Å². The molecule has 15 heavy (non-hydrogen) atoms. The Hall–Kier alpha value is -2.30. The lowest BCUT2D eigenvalue weighted by Gasteiger charge is -2.00. The summed E-state index contributed by atoms with van der Waals surface area (Å²) in [4.78, 5) is 21.9. The lowest BCUT2D eigenvalue weighted by Crippen LogP contribution is -2.13. The van der Waals surface area contributed by atoms with E-state index in [1.165, 1.54) is 18.5 Å². The molecular weight excluding hydrogens is 196 g/mol. The van der Waals surface area contributed by atoms with Crippen LogP contribution in [0.4, 0.5) is 0 Å². The van der Waals surface area contributed by atoms with E-state index in [1.807, 2.05) is 0 Å². The van der Waals surface area contributed by atoms with Crippen molar-refractivity contribution in [3.8, 4) is 0 Å². The molecule has 2 aromatic rings. The first kappa shape index (κ1) is 9.26. The maximum atomic E-state index is 11.3. The van der Waals surface area contributed by atoms with Gasteiger partial charge in [0, 0.05) is 16.3 Å². The molecule has 0 fully saturated rings. The Morgan fingerprint density at radius 3 is 2.60 bits per heavy atom. The summed E-state index contributed by atoms with van der Waals surface area (Å²) < 4.78 is 0. The second kappa shape index (κ2) is 3.45. The minimum absolute atomic E-state index is 0.134. The molecule has 0 bridgehead atoms. The van der Waals surface area contributed by atoms with Gasteiger partial charge >= 0.3 is 5.97 Å². The quantitative estimate of drug-likeness (QED) is 0.578. The van der Waals surface area contributed by atoms with E-state index in [0.29, 0.717) is 10.8 Å². The molecule has 0 atom stereocenters. The van der Waals surface area contributed by atoms with Gasteiger partial charge in [-0.25, -0.2) is 4.79 Å². The van der Waals surface area contributed by atoms with E-state index in [0.717, 1.165) is 0 Å². The Balaban J connectivity index is 2.71. The maximum Gasteiger partial charge on any atom is 0.377 e. The largest absolute Gasteiger partial charge is 0.475 e. The highest BCUT2D eigenvalue weighted by Crippen LogP contribution is 2.16. The van der Waals surface area contributed by atoms with Crippen LogP contribution >= 0.6 is 0 Å². The lowest BCUT2D eigenvalue weighted by atomic mass is 10.0. The third-order valence-electron chi connectivity index (χ3n) is 2.03. The fourth-order valence-corrected chi connectivity index (χ4v) is 1.34. The molecule has 0 radical (unpaired) electrons. The first-order valence-corrected chi connectivity index (χ1v) is 4.17. The van der Waals surface area contributed by atoms with Crippen LogP contribution in [-0.4, -0.2) is 27.1 Å². The number of nitrogens with zero attached hydrogens (tertiary/aromatic N) is 2. The average molecular weight is 202 g/mol.